The first kappa shape index (κ1) is 33.9. The third-order valence-electron chi connectivity index (χ3n) is 9.18. The number of rotatable bonds is 8. The Kier molecular flexibility index (Phi) is 9.02. The first-order valence-corrected chi connectivity index (χ1v) is 16.9. The molecular weight excluding hydrogens is 842 g/mol. The maximum atomic E-state index is 6.56. The molecule has 0 spiro atoms. The number of para-hydroxylation sites is 1. The van der Waals surface area contributed by atoms with Crippen molar-refractivity contribution in [2.24, 2.45) is 9.98 Å². The number of aliphatic imine (C=N–C) groups is 2. The van der Waals surface area contributed by atoms with E-state index < -0.39 is 0 Å². The number of aryl methyl sites for hydroxylation is 2. The molecular formula is C43H31N7O2Pt. The second kappa shape index (κ2) is 14.1. The number of benzene rings is 4. The van der Waals surface area contributed by atoms with Crippen LogP contribution in [0.1, 0.15) is 22.9 Å². The van der Waals surface area contributed by atoms with Gasteiger partial charge < -0.3 is 14.0 Å². The average molecular weight is 873 g/mol. The normalized spacial score (nSPS) is 13.5. The number of methoxy groups -OCH3 is 1. The smallest absolute Gasteiger partial charge is 0.522 e. The minimum atomic E-state index is -0.351. The summed E-state index contributed by atoms with van der Waals surface area (Å²) in [5.74, 6) is 2.36. The van der Waals surface area contributed by atoms with Crippen molar-refractivity contribution in [1.82, 2.24) is 24.3 Å². The molecule has 1 unspecified atom stereocenters. The maximum Gasteiger partial charge on any atom is 2.00 e. The fourth-order valence-corrected chi connectivity index (χ4v) is 6.73. The predicted molar refractivity (Wildman–Crippen MR) is 204 cm³/mol. The van der Waals surface area contributed by atoms with Gasteiger partial charge in [-0.05, 0) is 66.4 Å². The van der Waals surface area contributed by atoms with Gasteiger partial charge in [-0.25, -0.2) is 9.98 Å². The Morgan fingerprint density at radius 3 is 2.36 bits per heavy atom. The largest absolute Gasteiger partial charge is 2.00 e. The summed E-state index contributed by atoms with van der Waals surface area (Å²) < 4.78 is 16.4. The predicted octanol–water partition coefficient (Wildman–Crippen LogP) is 9.26. The van der Waals surface area contributed by atoms with Gasteiger partial charge in [-0.1, -0.05) is 59.6 Å². The summed E-state index contributed by atoms with van der Waals surface area (Å²) in [6, 6.07) is 39.1. The molecule has 5 heterocycles. The van der Waals surface area contributed by atoms with Crippen molar-refractivity contribution in [3.8, 4) is 51.1 Å². The fourth-order valence-electron chi connectivity index (χ4n) is 6.73. The molecule has 1 aliphatic rings. The number of hydrogen-bond acceptors (Lipinski definition) is 7. The molecule has 9 nitrogen and oxygen atoms in total. The van der Waals surface area contributed by atoms with E-state index in [1.165, 1.54) is 0 Å². The molecule has 4 aromatic heterocycles. The Labute approximate surface area is 320 Å². The van der Waals surface area contributed by atoms with Gasteiger partial charge in [-0.15, -0.1) is 29.7 Å². The van der Waals surface area contributed by atoms with E-state index in [4.69, 9.17) is 19.6 Å². The molecule has 10 heteroatoms. The van der Waals surface area contributed by atoms with E-state index in [2.05, 4.69) is 94.0 Å². The van der Waals surface area contributed by atoms with Crippen LogP contribution in [0.5, 0.6) is 17.2 Å². The van der Waals surface area contributed by atoms with Crippen molar-refractivity contribution in [3.63, 3.8) is 0 Å². The van der Waals surface area contributed by atoms with Crippen molar-refractivity contribution in [3.05, 3.63) is 145 Å². The van der Waals surface area contributed by atoms with Crippen LogP contribution in [0.15, 0.2) is 126 Å². The van der Waals surface area contributed by atoms with Crippen molar-refractivity contribution < 1.29 is 30.5 Å². The first-order valence-electron chi connectivity index (χ1n) is 16.9. The van der Waals surface area contributed by atoms with Gasteiger partial charge in [0.05, 0.1) is 12.8 Å². The zero-order valence-corrected chi connectivity index (χ0v) is 31.2. The van der Waals surface area contributed by atoms with Crippen LogP contribution in [-0.4, -0.2) is 44.0 Å². The van der Waals surface area contributed by atoms with Crippen LogP contribution >= 0.6 is 0 Å². The zero-order valence-electron chi connectivity index (χ0n) is 29.0. The third-order valence-corrected chi connectivity index (χ3v) is 9.18. The monoisotopic (exact) mass is 872 g/mol. The van der Waals surface area contributed by atoms with Crippen LogP contribution in [0, 0.1) is 26.0 Å². The summed E-state index contributed by atoms with van der Waals surface area (Å²) in [6.07, 6.45) is 8.77. The summed E-state index contributed by atoms with van der Waals surface area (Å²) in [5, 5.41) is 7.37. The van der Waals surface area contributed by atoms with E-state index in [1.807, 2.05) is 65.6 Å². The Morgan fingerprint density at radius 2 is 1.58 bits per heavy atom. The molecule has 53 heavy (non-hydrogen) atoms. The maximum absolute atomic E-state index is 6.56. The number of fused-ring (bicyclic) bond motifs is 3. The van der Waals surface area contributed by atoms with Gasteiger partial charge in [-0.3, -0.25) is 14.7 Å². The van der Waals surface area contributed by atoms with E-state index in [-0.39, 0.29) is 27.1 Å². The Morgan fingerprint density at radius 1 is 0.755 bits per heavy atom. The van der Waals surface area contributed by atoms with Crippen LogP contribution < -0.4 is 9.47 Å². The molecule has 0 amide bonds. The summed E-state index contributed by atoms with van der Waals surface area (Å²) in [5.41, 5.74) is 9.31. The number of hydrogen-bond donors (Lipinski definition) is 0. The first-order chi connectivity index (χ1) is 25.5. The fraction of sp³-hybridized carbons (Fsp3) is 0.0930. The molecule has 260 valence electrons. The molecule has 0 saturated carbocycles. The molecule has 1 aliphatic heterocycles. The molecule has 4 aromatic carbocycles. The molecule has 1 atom stereocenters. The number of aromatic nitrogens is 5. The topological polar surface area (TPSA) is 91.7 Å². The Balaban J connectivity index is 0.00000400. The van der Waals surface area contributed by atoms with Gasteiger partial charge >= 0.3 is 21.1 Å². The summed E-state index contributed by atoms with van der Waals surface area (Å²) in [6.45, 7) is 4.14. The minimum Gasteiger partial charge on any atom is -0.522 e. The number of nitrogens with zero attached hydrogens (tertiary/aromatic N) is 7. The van der Waals surface area contributed by atoms with Gasteiger partial charge in [0.15, 0.2) is 0 Å². The van der Waals surface area contributed by atoms with Gasteiger partial charge in [-0.2, -0.15) is 11.2 Å². The van der Waals surface area contributed by atoms with E-state index in [0.717, 1.165) is 66.8 Å². The Bertz CT molecular complexity index is 2670. The zero-order chi connectivity index (χ0) is 35.2. The molecule has 0 radical (unpaired) electrons. The second-order valence-corrected chi connectivity index (χ2v) is 12.6. The Hall–Kier alpha value is -6.18. The van der Waals surface area contributed by atoms with Gasteiger partial charge in [0, 0.05) is 58.7 Å². The molecule has 8 aromatic rings. The minimum absolute atomic E-state index is 0. The summed E-state index contributed by atoms with van der Waals surface area (Å²) >= 11 is 0. The number of pyridine rings is 2. The van der Waals surface area contributed by atoms with Crippen molar-refractivity contribution >= 4 is 34.4 Å². The number of ether oxygens (including phenoxy) is 2. The van der Waals surface area contributed by atoms with E-state index in [9.17, 15) is 0 Å². The summed E-state index contributed by atoms with van der Waals surface area (Å²) in [7, 11) is 1.63. The molecule has 0 saturated heterocycles. The van der Waals surface area contributed by atoms with Crippen molar-refractivity contribution in [2.45, 2.75) is 19.9 Å². The van der Waals surface area contributed by atoms with Gasteiger partial charge in [0.2, 0.25) is 0 Å². The third kappa shape index (κ3) is 6.23. The second-order valence-electron chi connectivity index (χ2n) is 12.6. The standard InChI is InChI=1S/C43H31N7O2.Pt/c1-27-8-10-29(11-9-27)41-42(37-25-45-26-47-37)48-50(43(41)30-15-17-44-18-16-30)31-21-33(51-3)23-34(22-31)52-32-12-13-36-35-6-4-5-7-38(35)49(39(36)24-32)40-20-28(2)14-19-46-40;/h4-21,23,25-26,37H,1-3H3;/q-2;+2. The van der Waals surface area contributed by atoms with Crippen LogP contribution in [-0.2, 0) is 21.1 Å². The van der Waals surface area contributed by atoms with E-state index in [1.54, 1.807) is 25.8 Å². The average Bonchev–Trinajstić information content (AvgIpc) is 3.92. The molecule has 0 bridgehead atoms. The van der Waals surface area contributed by atoms with Crippen LogP contribution in [0.4, 0.5) is 0 Å². The van der Waals surface area contributed by atoms with Gasteiger partial charge in [0.25, 0.3) is 0 Å². The van der Waals surface area contributed by atoms with E-state index in [0.29, 0.717) is 22.9 Å². The molecule has 0 N–H and O–H groups in total. The van der Waals surface area contributed by atoms with Crippen molar-refractivity contribution in [1.29, 1.82) is 0 Å². The van der Waals surface area contributed by atoms with Crippen molar-refractivity contribution in [2.75, 3.05) is 7.11 Å². The SMILES string of the molecule is COc1cc(Oc2[c-]c3c(cc2)c2ccccc2n3-c2cc(C)ccn2)[c-]c(-n2nc(C3C=NC=N3)c(-c3ccc(C)cc3)c2-c2ccncc2)c1.[Pt+2]. The quantitative estimate of drug-likeness (QED) is 0.142. The molecule has 0 aliphatic carbocycles. The van der Waals surface area contributed by atoms with Crippen LogP contribution in [0.2, 0.25) is 0 Å². The molecule has 9 rings (SSSR count). The van der Waals surface area contributed by atoms with Crippen LogP contribution in [0.25, 0.3) is 55.7 Å². The van der Waals surface area contributed by atoms with Gasteiger partial charge in [0.1, 0.15) is 23.9 Å². The molecule has 0 fully saturated rings. The summed E-state index contributed by atoms with van der Waals surface area (Å²) in [4.78, 5) is 17.9. The van der Waals surface area contributed by atoms with E-state index >= 15 is 0 Å². The van der Waals surface area contributed by atoms with Crippen LogP contribution in [0.3, 0.4) is 0 Å².